The molecule has 1 aliphatic rings. The Labute approximate surface area is 97.1 Å². The molecule has 0 atom stereocenters. The summed E-state index contributed by atoms with van der Waals surface area (Å²) in [5.74, 6) is -1.52. The monoisotopic (exact) mass is 239 g/mol. The Balaban J connectivity index is 2.54. The van der Waals surface area contributed by atoms with Crippen molar-refractivity contribution in [2.24, 2.45) is 4.99 Å². The predicted molar refractivity (Wildman–Crippen MR) is 56.6 cm³/mol. The molecule has 0 unspecified atom stereocenters. The molecular weight excluding hydrogens is 228 g/mol. The van der Waals surface area contributed by atoms with Crippen LogP contribution in [0.25, 0.3) is 0 Å². The maximum Gasteiger partial charge on any atom is 0.235 e. The van der Waals surface area contributed by atoms with E-state index in [0.717, 1.165) is 12.5 Å². The summed E-state index contributed by atoms with van der Waals surface area (Å²) >= 11 is 0. The van der Waals surface area contributed by atoms with Crippen LogP contribution in [0.3, 0.4) is 0 Å². The van der Waals surface area contributed by atoms with Crippen molar-refractivity contribution in [1.29, 1.82) is 0 Å². The van der Waals surface area contributed by atoms with Gasteiger partial charge >= 0.3 is 0 Å². The third-order valence-electron chi connectivity index (χ3n) is 3.18. The van der Waals surface area contributed by atoms with E-state index in [4.69, 9.17) is 4.74 Å². The minimum absolute atomic E-state index is 0.0474. The highest BCUT2D eigenvalue weighted by Gasteiger charge is 2.41. The van der Waals surface area contributed by atoms with Gasteiger partial charge in [0, 0.05) is 11.6 Å². The zero-order chi connectivity index (χ0) is 12.5. The molecule has 1 fully saturated rings. The van der Waals surface area contributed by atoms with E-state index in [0.29, 0.717) is 12.8 Å². The van der Waals surface area contributed by atoms with Crippen molar-refractivity contribution in [2.45, 2.75) is 24.8 Å². The summed E-state index contributed by atoms with van der Waals surface area (Å²) in [6.45, 7) is 0. The lowest BCUT2D eigenvalue weighted by Gasteiger charge is -2.37. The van der Waals surface area contributed by atoms with Crippen LogP contribution in [0, 0.1) is 11.6 Å². The van der Waals surface area contributed by atoms with Gasteiger partial charge in [0.15, 0.2) is 11.6 Å². The second kappa shape index (κ2) is 4.26. The summed E-state index contributed by atoms with van der Waals surface area (Å²) in [4.78, 5) is 14.1. The number of methoxy groups -OCH3 is 1. The number of aliphatic imine (C=N–C) groups is 1. The Morgan fingerprint density at radius 3 is 2.53 bits per heavy atom. The Morgan fingerprint density at radius 2 is 2.06 bits per heavy atom. The molecule has 1 aliphatic carbocycles. The highest BCUT2D eigenvalue weighted by atomic mass is 19.1. The van der Waals surface area contributed by atoms with E-state index in [-0.39, 0.29) is 11.3 Å². The third-order valence-corrected chi connectivity index (χ3v) is 3.18. The van der Waals surface area contributed by atoms with Crippen molar-refractivity contribution in [3.8, 4) is 5.75 Å². The highest BCUT2D eigenvalue weighted by molar-refractivity contribution is 5.42. The van der Waals surface area contributed by atoms with Gasteiger partial charge in [-0.1, -0.05) is 0 Å². The average molecular weight is 239 g/mol. The van der Waals surface area contributed by atoms with Gasteiger partial charge in [-0.15, -0.1) is 0 Å². The first-order valence-electron chi connectivity index (χ1n) is 5.25. The van der Waals surface area contributed by atoms with Gasteiger partial charge in [0.25, 0.3) is 0 Å². The molecule has 1 saturated carbocycles. The second-order valence-corrected chi connectivity index (χ2v) is 4.05. The van der Waals surface area contributed by atoms with Crippen LogP contribution in [0.2, 0.25) is 0 Å². The van der Waals surface area contributed by atoms with Gasteiger partial charge in [0.05, 0.1) is 7.11 Å². The van der Waals surface area contributed by atoms with E-state index in [1.807, 2.05) is 0 Å². The average Bonchev–Trinajstić information content (AvgIpc) is 2.24. The molecule has 0 spiro atoms. The maximum atomic E-state index is 13.7. The third kappa shape index (κ3) is 1.83. The molecular formula is C12H11F2NO2. The van der Waals surface area contributed by atoms with Crippen molar-refractivity contribution in [1.82, 2.24) is 0 Å². The van der Waals surface area contributed by atoms with Crippen molar-refractivity contribution in [3.05, 3.63) is 29.3 Å². The molecule has 2 rings (SSSR count). The number of isocyanates is 1. The molecule has 17 heavy (non-hydrogen) atoms. The molecule has 5 heteroatoms. The smallest absolute Gasteiger partial charge is 0.235 e. The Bertz CT molecular complexity index is 492. The fourth-order valence-electron chi connectivity index (χ4n) is 2.08. The molecule has 0 radical (unpaired) electrons. The van der Waals surface area contributed by atoms with Crippen LogP contribution in [0.4, 0.5) is 8.78 Å². The van der Waals surface area contributed by atoms with Gasteiger partial charge in [-0.2, -0.15) is 4.99 Å². The summed E-state index contributed by atoms with van der Waals surface area (Å²) in [5.41, 5.74) is -0.683. The highest BCUT2D eigenvalue weighted by Crippen LogP contribution is 2.46. The molecule has 1 aromatic carbocycles. The maximum absolute atomic E-state index is 13.7. The first-order valence-corrected chi connectivity index (χ1v) is 5.25. The summed E-state index contributed by atoms with van der Waals surface area (Å²) in [5, 5.41) is 0. The normalized spacial score (nSPS) is 16.9. The molecule has 0 heterocycles. The summed E-state index contributed by atoms with van der Waals surface area (Å²) in [6.07, 6.45) is 3.44. The molecule has 3 nitrogen and oxygen atoms in total. The molecule has 0 aliphatic heterocycles. The van der Waals surface area contributed by atoms with Crippen molar-refractivity contribution < 1.29 is 18.3 Å². The van der Waals surface area contributed by atoms with Crippen molar-refractivity contribution in [2.75, 3.05) is 7.11 Å². The van der Waals surface area contributed by atoms with Gasteiger partial charge in [0.1, 0.15) is 11.4 Å². The Kier molecular flexibility index (Phi) is 2.94. The molecule has 90 valence electrons. The number of ether oxygens (including phenoxy) is 1. The molecule has 0 bridgehead atoms. The van der Waals surface area contributed by atoms with Gasteiger partial charge in [-0.05, 0) is 25.3 Å². The number of halogens is 2. The lowest BCUT2D eigenvalue weighted by atomic mass is 9.72. The lowest BCUT2D eigenvalue weighted by Crippen LogP contribution is -2.33. The number of hydrogen-bond donors (Lipinski definition) is 0. The Hall–Kier alpha value is -1.74. The zero-order valence-corrected chi connectivity index (χ0v) is 9.30. The number of hydrogen-bond acceptors (Lipinski definition) is 3. The zero-order valence-electron chi connectivity index (χ0n) is 9.30. The largest absolute Gasteiger partial charge is 0.494 e. The van der Waals surface area contributed by atoms with Crippen LogP contribution in [0.5, 0.6) is 5.75 Å². The number of carbonyl (C=O) groups excluding carboxylic acids is 1. The van der Waals surface area contributed by atoms with Crippen LogP contribution >= 0.6 is 0 Å². The standard InChI is InChI=1S/C12H11F2NO2/c1-17-11-5-8(9(13)6-10(11)14)12(15-7-16)3-2-4-12/h5-6H,2-4H2,1H3. The van der Waals surface area contributed by atoms with Crippen LogP contribution in [0.15, 0.2) is 17.1 Å². The molecule has 0 saturated heterocycles. The van der Waals surface area contributed by atoms with Gasteiger partial charge in [0.2, 0.25) is 6.08 Å². The van der Waals surface area contributed by atoms with E-state index in [2.05, 4.69) is 4.99 Å². The van der Waals surface area contributed by atoms with Gasteiger partial charge in [-0.3, -0.25) is 0 Å². The first-order chi connectivity index (χ1) is 8.13. The van der Waals surface area contributed by atoms with Gasteiger partial charge < -0.3 is 4.74 Å². The van der Waals surface area contributed by atoms with Crippen molar-refractivity contribution >= 4 is 6.08 Å². The number of rotatable bonds is 3. The predicted octanol–water partition coefficient (Wildman–Crippen LogP) is 2.69. The van der Waals surface area contributed by atoms with E-state index < -0.39 is 17.2 Å². The SMILES string of the molecule is COc1cc(C2(N=C=O)CCC2)c(F)cc1F. The minimum Gasteiger partial charge on any atom is -0.494 e. The van der Waals surface area contributed by atoms with Crippen LogP contribution < -0.4 is 4.74 Å². The molecule has 1 aromatic rings. The quantitative estimate of drug-likeness (QED) is 0.600. The molecule has 0 amide bonds. The van der Waals surface area contributed by atoms with Crippen LogP contribution in [-0.4, -0.2) is 13.2 Å². The van der Waals surface area contributed by atoms with Gasteiger partial charge in [-0.25, -0.2) is 13.6 Å². The fourth-order valence-corrected chi connectivity index (χ4v) is 2.08. The number of benzene rings is 1. The van der Waals surface area contributed by atoms with Crippen LogP contribution in [0.1, 0.15) is 24.8 Å². The first kappa shape index (κ1) is 11.7. The minimum atomic E-state index is -0.882. The summed E-state index contributed by atoms with van der Waals surface area (Å²) in [7, 11) is 1.30. The van der Waals surface area contributed by atoms with E-state index in [1.165, 1.54) is 19.3 Å². The Morgan fingerprint density at radius 1 is 1.35 bits per heavy atom. The lowest BCUT2D eigenvalue weighted by molar-refractivity contribution is 0.245. The van der Waals surface area contributed by atoms with Crippen LogP contribution in [-0.2, 0) is 10.3 Å². The van der Waals surface area contributed by atoms with E-state index >= 15 is 0 Å². The summed E-state index contributed by atoms with van der Waals surface area (Å²) < 4.78 is 31.8. The topological polar surface area (TPSA) is 38.7 Å². The van der Waals surface area contributed by atoms with Crippen molar-refractivity contribution in [3.63, 3.8) is 0 Å². The van der Waals surface area contributed by atoms with E-state index in [1.54, 1.807) is 0 Å². The second-order valence-electron chi connectivity index (χ2n) is 4.05. The molecule has 0 N–H and O–H groups in total. The fraction of sp³-hybridized carbons (Fsp3) is 0.417. The number of nitrogens with zero attached hydrogens (tertiary/aromatic N) is 1. The van der Waals surface area contributed by atoms with E-state index in [9.17, 15) is 13.6 Å². The summed E-state index contributed by atoms with van der Waals surface area (Å²) in [6, 6.07) is 2.03. The molecule has 0 aromatic heterocycles.